The van der Waals surface area contributed by atoms with Gasteiger partial charge in [0.1, 0.15) is 0 Å². The molecule has 0 rings (SSSR count). The van der Waals surface area contributed by atoms with E-state index in [1.807, 2.05) is 0 Å². The molecule has 0 aromatic rings. The van der Waals surface area contributed by atoms with E-state index in [1.165, 1.54) is 0 Å². The van der Waals surface area contributed by atoms with Crippen molar-refractivity contribution in [3.63, 3.8) is 0 Å². The number of carbonyl (C=O) groups is 1. The maximum Gasteiger partial charge on any atom is 0.509 e. The monoisotopic (exact) mass is 490 g/mol. The molecule has 0 fully saturated rings. The molecule has 0 saturated carbocycles. The molecule has 0 heterocycles. The van der Waals surface area contributed by atoms with Gasteiger partial charge in [0.2, 0.25) is 12.2 Å². The third kappa shape index (κ3) is 7.77. The van der Waals surface area contributed by atoms with Gasteiger partial charge in [-0.25, -0.2) is 4.79 Å². The average molecular weight is 490 g/mol. The van der Waals surface area contributed by atoms with Crippen LogP contribution in [0.25, 0.3) is 0 Å². The van der Waals surface area contributed by atoms with Gasteiger partial charge in [0, 0.05) is 0 Å². The first-order valence-electron chi connectivity index (χ1n) is 6.71. The fourth-order valence-corrected chi connectivity index (χ4v) is 1.41. The minimum atomic E-state index is -6.63. The summed E-state index contributed by atoms with van der Waals surface area (Å²) in [5.41, 5.74) is 0. The number of halogens is 16. The summed E-state index contributed by atoms with van der Waals surface area (Å²) in [5, 5.41) is 0. The molecular formula is C11H6F16O3. The molecule has 0 saturated heterocycles. The van der Waals surface area contributed by atoms with Crippen LogP contribution in [0.5, 0.6) is 0 Å². The molecule has 180 valence electrons. The maximum atomic E-state index is 12.7. The lowest BCUT2D eigenvalue weighted by Gasteiger charge is -2.28. The molecule has 19 heteroatoms. The van der Waals surface area contributed by atoms with Crippen molar-refractivity contribution in [1.29, 1.82) is 0 Å². The Labute approximate surface area is 153 Å². The molecule has 0 bridgehead atoms. The smallest absolute Gasteiger partial charge is 0.421 e. The molecule has 2 unspecified atom stereocenters. The van der Waals surface area contributed by atoms with Crippen molar-refractivity contribution in [2.45, 2.75) is 61.6 Å². The minimum absolute atomic E-state index is 2.88. The standard InChI is InChI=1S/C11H6F16O3/c12-6(13,10(22,23)24)1-3(8(16,17)18)29-5(28)30-4(9(19,20)21)2-7(14,15)11(25,26)27/h3-4H,1-2H2. The van der Waals surface area contributed by atoms with Crippen LogP contribution in [0.1, 0.15) is 12.8 Å². The summed E-state index contributed by atoms with van der Waals surface area (Å²) in [6.07, 6.45) is -44.9. The highest BCUT2D eigenvalue weighted by Gasteiger charge is 2.64. The minimum Gasteiger partial charge on any atom is -0.421 e. The van der Waals surface area contributed by atoms with Crippen LogP contribution < -0.4 is 0 Å². The summed E-state index contributed by atoms with van der Waals surface area (Å²) in [6.45, 7) is 0. The van der Waals surface area contributed by atoms with Crippen molar-refractivity contribution in [2.24, 2.45) is 0 Å². The lowest BCUT2D eigenvalue weighted by molar-refractivity contribution is -0.313. The van der Waals surface area contributed by atoms with E-state index in [4.69, 9.17) is 0 Å². The number of hydrogen-bond acceptors (Lipinski definition) is 3. The van der Waals surface area contributed by atoms with Crippen LogP contribution >= 0.6 is 0 Å². The van der Waals surface area contributed by atoms with Crippen LogP contribution in [0.3, 0.4) is 0 Å². The highest BCUT2D eigenvalue weighted by atomic mass is 19.4. The molecule has 0 aliphatic heterocycles. The zero-order valence-electron chi connectivity index (χ0n) is 13.3. The summed E-state index contributed by atoms with van der Waals surface area (Å²) in [7, 11) is 0. The van der Waals surface area contributed by atoms with Crippen LogP contribution in [0.4, 0.5) is 75.0 Å². The number of ether oxygens (including phenoxy) is 2. The Balaban J connectivity index is 5.58. The Bertz CT molecular complexity index is 533. The van der Waals surface area contributed by atoms with Gasteiger partial charge in [-0.2, -0.15) is 70.2 Å². The SMILES string of the molecule is O=C(OC(CC(F)(F)C(F)(F)F)C(F)(F)F)OC(CC(F)(F)C(F)(F)F)C(F)(F)F. The largest absolute Gasteiger partial charge is 0.509 e. The van der Waals surface area contributed by atoms with E-state index in [-0.39, 0.29) is 0 Å². The molecule has 3 nitrogen and oxygen atoms in total. The van der Waals surface area contributed by atoms with E-state index in [0.717, 1.165) is 0 Å². The fraction of sp³-hybridized carbons (Fsp3) is 0.909. The van der Waals surface area contributed by atoms with Crippen molar-refractivity contribution >= 4 is 6.16 Å². The molecule has 0 radical (unpaired) electrons. The lowest BCUT2D eigenvalue weighted by Crippen LogP contribution is -2.47. The molecule has 0 aliphatic rings. The average Bonchev–Trinajstić information content (AvgIpc) is 2.40. The normalized spacial score (nSPS) is 16.8. The molecule has 2 atom stereocenters. The highest BCUT2D eigenvalue weighted by Crippen LogP contribution is 2.44. The Hall–Kier alpha value is -1.85. The Morgan fingerprint density at radius 1 is 0.533 bits per heavy atom. The molecule has 0 spiro atoms. The second-order valence-corrected chi connectivity index (χ2v) is 5.36. The van der Waals surface area contributed by atoms with Gasteiger partial charge in [-0.05, 0) is 0 Å². The predicted octanol–water partition coefficient (Wildman–Crippen LogP) is 6.18. The zero-order valence-corrected chi connectivity index (χ0v) is 13.3. The Morgan fingerprint density at radius 2 is 0.767 bits per heavy atom. The molecule has 0 N–H and O–H groups in total. The second kappa shape index (κ2) is 8.35. The van der Waals surface area contributed by atoms with Gasteiger partial charge >= 0.3 is 42.7 Å². The number of hydrogen-bond donors (Lipinski definition) is 0. The Kier molecular flexibility index (Phi) is 7.84. The third-order valence-electron chi connectivity index (χ3n) is 2.92. The van der Waals surface area contributed by atoms with E-state index in [2.05, 4.69) is 9.47 Å². The predicted molar refractivity (Wildman–Crippen MR) is 58.5 cm³/mol. The zero-order chi connectivity index (χ0) is 24.6. The van der Waals surface area contributed by atoms with Crippen molar-refractivity contribution in [1.82, 2.24) is 0 Å². The summed E-state index contributed by atoms with van der Waals surface area (Å²) in [5.74, 6) is -12.4. The van der Waals surface area contributed by atoms with Crippen molar-refractivity contribution in [3.05, 3.63) is 0 Å². The first kappa shape index (κ1) is 28.1. The fourth-order valence-electron chi connectivity index (χ4n) is 1.41. The van der Waals surface area contributed by atoms with E-state index in [1.54, 1.807) is 0 Å². The first-order valence-corrected chi connectivity index (χ1v) is 6.71. The third-order valence-corrected chi connectivity index (χ3v) is 2.92. The van der Waals surface area contributed by atoms with Crippen LogP contribution in [0, 0.1) is 0 Å². The molecule has 0 aliphatic carbocycles. The van der Waals surface area contributed by atoms with Crippen molar-refractivity contribution in [2.75, 3.05) is 0 Å². The van der Waals surface area contributed by atoms with Gasteiger partial charge in [0.15, 0.2) is 0 Å². The van der Waals surface area contributed by atoms with Crippen molar-refractivity contribution in [3.8, 4) is 0 Å². The lowest BCUT2D eigenvalue weighted by atomic mass is 10.1. The number of carbonyl (C=O) groups excluding carboxylic acids is 1. The summed E-state index contributed by atoms with van der Waals surface area (Å²) < 4.78 is 203. The summed E-state index contributed by atoms with van der Waals surface area (Å²) in [6, 6.07) is 0. The second-order valence-electron chi connectivity index (χ2n) is 5.36. The summed E-state index contributed by atoms with van der Waals surface area (Å²) in [4.78, 5) is 10.9. The molecule has 0 aromatic carbocycles. The van der Waals surface area contributed by atoms with Gasteiger partial charge in [0.05, 0.1) is 12.8 Å². The quantitative estimate of drug-likeness (QED) is 0.330. The van der Waals surface area contributed by atoms with E-state index in [9.17, 15) is 75.0 Å². The first-order chi connectivity index (χ1) is 12.8. The number of alkyl halides is 16. The maximum absolute atomic E-state index is 12.7. The van der Waals surface area contributed by atoms with Crippen LogP contribution in [0.15, 0.2) is 0 Å². The van der Waals surface area contributed by atoms with Gasteiger partial charge in [0.25, 0.3) is 0 Å². The van der Waals surface area contributed by atoms with Gasteiger partial charge < -0.3 is 9.47 Å². The number of rotatable bonds is 6. The highest BCUT2D eigenvalue weighted by molar-refractivity contribution is 5.60. The summed E-state index contributed by atoms with van der Waals surface area (Å²) >= 11 is 0. The topological polar surface area (TPSA) is 35.5 Å². The van der Waals surface area contributed by atoms with Crippen LogP contribution in [-0.2, 0) is 9.47 Å². The van der Waals surface area contributed by atoms with Gasteiger partial charge in [-0.1, -0.05) is 0 Å². The van der Waals surface area contributed by atoms with Gasteiger partial charge in [-0.15, -0.1) is 0 Å². The molecule has 30 heavy (non-hydrogen) atoms. The van der Waals surface area contributed by atoms with E-state index < -0.39 is 67.8 Å². The molecular weight excluding hydrogens is 484 g/mol. The van der Waals surface area contributed by atoms with Crippen LogP contribution in [-0.4, -0.2) is 54.9 Å². The van der Waals surface area contributed by atoms with Crippen LogP contribution in [0.2, 0.25) is 0 Å². The molecule has 0 amide bonds. The van der Waals surface area contributed by atoms with E-state index >= 15 is 0 Å². The molecule has 0 aromatic heterocycles. The van der Waals surface area contributed by atoms with Crippen molar-refractivity contribution < 1.29 is 84.5 Å². The van der Waals surface area contributed by atoms with Gasteiger partial charge in [-0.3, -0.25) is 0 Å². The Morgan fingerprint density at radius 3 is 0.933 bits per heavy atom. The van der Waals surface area contributed by atoms with E-state index in [0.29, 0.717) is 0 Å².